The van der Waals surface area contributed by atoms with Crippen LogP contribution in [-0.4, -0.2) is 18.0 Å². The van der Waals surface area contributed by atoms with Gasteiger partial charge in [0.1, 0.15) is 6.29 Å². The van der Waals surface area contributed by atoms with Crippen LogP contribution in [0, 0.1) is 11.8 Å². The normalized spacial score (nSPS) is 12.8. The highest BCUT2D eigenvalue weighted by molar-refractivity contribution is 5.53. The van der Waals surface area contributed by atoms with E-state index in [2.05, 4.69) is 65.0 Å². The highest BCUT2D eigenvalue weighted by atomic mass is 16.3. The number of aldehydes is 1. The van der Waals surface area contributed by atoms with Crippen LogP contribution >= 0.6 is 0 Å². The molecule has 0 fully saturated rings. The fourth-order valence-electron chi connectivity index (χ4n) is 2.48. The van der Waals surface area contributed by atoms with Crippen molar-refractivity contribution in [1.82, 2.24) is 0 Å². The predicted octanol–water partition coefficient (Wildman–Crippen LogP) is 5.94. The summed E-state index contributed by atoms with van der Waals surface area (Å²) in [6, 6.07) is 8.54. The molecule has 0 radical (unpaired) electrons. The standard InChI is InChI=1S/C13H18O.C10H20O/c1-10(2)13-6-4-12(5-7-13)8-11(3)9-14;1-9(2)5-4-6-10(3)7-8-11/h4-7,9-11H,8H2,1-3H3;5,10-11H,4,6-8H2,1-3H3. The third-order valence-electron chi connectivity index (χ3n) is 4.27. The van der Waals surface area contributed by atoms with Gasteiger partial charge in [0.25, 0.3) is 0 Å². The average Bonchev–Trinajstić information content (AvgIpc) is 2.55. The maximum atomic E-state index is 10.5. The number of hydrogen-bond acceptors (Lipinski definition) is 2. The molecule has 0 amide bonds. The van der Waals surface area contributed by atoms with Gasteiger partial charge in [0.05, 0.1) is 0 Å². The smallest absolute Gasteiger partial charge is 0.123 e. The van der Waals surface area contributed by atoms with Gasteiger partial charge in [-0.05, 0) is 62.5 Å². The third-order valence-corrected chi connectivity index (χ3v) is 4.27. The molecule has 0 aliphatic heterocycles. The number of carbonyl (C=O) groups excluding carboxylic acids is 1. The Bertz CT molecular complexity index is 481. The quantitative estimate of drug-likeness (QED) is 0.444. The topological polar surface area (TPSA) is 37.3 Å². The Balaban J connectivity index is 0.000000477. The third kappa shape index (κ3) is 12.6. The van der Waals surface area contributed by atoms with Crippen molar-refractivity contribution in [1.29, 1.82) is 0 Å². The van der Waals surface area contributed by atoms with Gasteiger partial charge >= 0.3 is 0 Å². The summed E-state index contributed by atoms with van der Waals surface area (Å²) < 4.78 is 0. The minimum atomic E-state index is 0.125. The largest absolute Gasteiger partial charge is 0.396 e. The summed E-state index contributed by atoms with van der Waals surface area (Å²) in [4.78, 5) is 10.5. The Morgan fingerprint density at radius 2 is 1.64 bits per heavy atom. The molecule has 1 rings (SSSR count). The molecule has 25 heavy (non-hydrogen) atoms. The van der Waals surface area contributed by atoms with Crippen LogP contribution in [0.25, 0.3) is 0 Å². The zero-order chi connectivity index (χ0) is 19.2. The molecular weight excluding hydrogens is 308 g/mol. The van der Waals surface area contributed by atoms with Crippen molar-refractivity contribution in [2.75, 3.05) is 6.61 Å². The molecule has 0 aliphatic carbocycles. The number of allylic oxidation sites excluding steroid dienone is 2. The van der Waals surface area contributed by atoms with E-state index < -0.39 is 0 Å². The number of benzene rings is 1. The summed E-state index contributed by atoms with van der Waals surface area (Å²) in [5.74, 6) is 1.36. The lowest BCUT2D eigenvalue weighted by atomic mass is 9.98. The first-order chi connectivity index (χ1) is 11.8. The molecule has 2 unspecified atom stereocenters. The zero-order valence-corrected chi connectivity index (χ0v) is 17.1. The number of rotatable bonds is 9. The average molecular weight is 347 g/mol. The predicted molar refractivity (Wildman–Crippen MR) is 109 cm³/mol. The molecule has 0 bridgehead atoms. The van der Waals surface area contributed by atoms with Gasteiger partial charge in [0.2, 0.25) is 0 Å². The summed E-state index contributed by atoms with van der Waals surface area (Å²) in [5, 5.41) is 8.63. The first-order valence-electron chi connectivity index (χ1n) is 9.58. The highest BCUT2D eigenvalue weighted by Crippen LogP contribution is 2.16. The summed E-state index contributed by atoms with van der Waals surface area (Å²) in [7, 11) is 0. The van der Waals surface area contributed by atoms with Gasteiger partial charge in [0.15, 0.2) is 0 Å². The first-order valence-corrected chi connectivity index (χ1v) is 9.58. The SMILES string of the molecule is CC(C)=CCCC(C)CCO.CC(C=O)Cc1ccc(C(C)C)cc1. The van der Waals surface area contributed by atoms with Crippen LogP contribution in [0.5, 0.6) is 0 Å². The lowest BCUT2D eigenvalue weighted by molar-refractivity contribution is -0.110. The Morgan fingerprint density at radius 3 is 2.08 bits per heavy atom. The van der Waals surface area contributed by atoms with Crippen LogP contribution in [0.4, 0.5) is 0 Å². The number of carbonyl (C=O) groups is 1. The van der Waals surface area contributed by atoms with Crippen LogP contribution < -0.4 is 0 Å². The fourth-order valence-corrected chi connectivity index (χ4v) is 2.48. The molecule has 0 saturated heterocycles. The molecule has 2 nitrogen and oxygen atoms in total. The molecule has 1 aromatic carbocycles. The molecule has 142 valence electrons. The summed E-state index contributed by atoms with van der Waals surface area (Å²) in [6.07, 6.45) is 7.41. The van der Waals surface area contributed by atoms with Crippen LogP contribution in [-0.2, 0) is 11.2 Å². The number of aliphatic hydroxyl groups is 1. The van der Waals surface area contributed by atoms with Gasteiger partial charge in [-0.25, -0.2) is 0 Å². The Morgan fingerprint density at radius 1 is 1.04 bits per heavy atom. The molecule has 0 aromatic heterocycles. The monoisotopic (exact) mass is 346 g/mol. The summed E-state index contributed by atoms with van der Waals surface area (Å²) >= 11 is 0. The van der Waals surface area contributed by atoms with Crippen molar-refractivity contribution in [2.24, 2.45) is 11.8 Å². The molecular formula is C23H38O2. The van der Waals surface area contributed by atoms with Crippen LogP contribution in [0.2, 0.25) is 0 Å². The van der Waals surface area contributed by atoms with Crippen molar-refractivity contribution >= 4 is 6.29 Å². The van der Waals surface area contributed by atoms with E-state index in [-0.39, 0.29) is 5.92 Å². The van der Waals surface area contributed by atoms with Gasteiger partial charge in [-0.15, -0.1) is 0 Å². The molecule has 0 saturated carbocycles. The second-order valence-electron chi connectivity index (χ2n) is 7.69. The van der Waals surface area contributed by atoms with Crippen molar-refractivity contribution in [3.05, 3.63) is 47.0 Å². The highest BCUT2D eigenvalue weighted by Gasteiger charge is 2.03. The molecule has 0 spiro atoms. The van der Waals surface area contributed by atoms with Crippen molar-refractivity contribution in [3.63, 3.8) is 0 Å². The Hall–Kier alpha value is -1.41. The molecule has 0 aliphatic rings. The zero-order valence-electron chi connectivity index (χ0n) is 17.1. The van der Waals surface area contributed by atoms with E-state index in [1.807, 2.05) is 6.92 Å². The molecule has 2 heteroatoms. The molecule has 1 aromatic rings. The lowest BCUT2D eigenvalue weighted by Gasteiger charge is -2.07. The second-order valence-corrected chi connectivity index (χ2v) is 7.69. The molecule has 0 heterocycles. The van der Waals surface area contributed by atoms with Gasteiger partial charge in [-0.3, -0.25) is 0 Å². The maximum absolute atomic E-state index is 10.5. The number of aliphatic hydroxyl groups excluding tert-OH is 1. The number of hydrogen-bond donors (Lipinski definition) is 1. The minimum Gasteiger partial charge on any atom is -0.396 e. The van der Waals surface area contributed by atoms with E-state index in [9.17, 15) is 4.79 Å². The van der Waals surface area contributed by atoms with E-state index in [1.54, 1.807) is 0 Å². The van der Waals surface area contributed by atoms with Crippen LogP contribution in [0.3, 0.4) is 0 Å². The van der Waals surface area contributed by atoms with E-state index in [0.717, 1.165) is 25.5 Å². The Labute approximate surface area is 155 Å². The van der Waals surface area contributed by atoms with E-state index in [1.165, 1.54) is 23.1 Å². The van der Waals surface area contributed by atoms with Crippen LogP contribution in [0.15, 0.2) is 35.9 Å². The molecule has 1 N–H and O–H groups in total. The van der Waals surface area contributed by atoms with E-state index >= 15 is 0 Å². The summed E-state index contributed by atoms with van der Waals surface area (Å²) in [5.41, 5.74) is 3.99. The van der Waals surface area contributed by atoms with Crippen molar-refractivity contribution in [2.45, 2.75) is 73.1 Å². The van der Waals surface area contributed by atoms with E-state index in [4.69, 9.17) is 5.11 Å². The maximum Gasteiger partial charge on any atom is 0.123 e. The Kier molecular flexibility index (Phi) is 13.1. The van der Waals surface area contributed by atoms with Gasteiger partial charge < -0.3 is 9.90 Å². The van der Waals surface area contributed by atoms with Crippen molar-refractivity contribution < 1.29 is 9.90 Å². The molecule has 2 atom stereocenters. The second kappa shape index (κ2) is 13.8. The van der Waals surface area contributed by atoms with E-state index in [0.29, 0.717) is 18.4 Å². The van der Waals surface area contributed by atoms with Crippen molar-refractivity contribution in [3.8, 4) is 0 Å². The van der Waals surface area contributed by atoms with Gasteiger partial charge in [0, 0.05) is 12.5 Å². The van der Waals surface area contributed by atoms with Gasteiger partial charge in [-0.1, -0.05) is 63.6 Å². The minimum absolute atomic E-state index is 0.125. The lowest BCUT2D eigenvalue weighted by Crippen LogP contribution is -2.00. The van der Waals surface area contributed by atoms with Crippen LogP contribution in [0.1, 0.15) is 77.8 Å². The first kappa shape index (κ1) is 23.6. The fraction of sp³-hybridized carbons (Fsp3) is 0.609. The summed E-state index contributed by atoms with van der Waals surface area (Å²) in [6.45, 7) is 13.1. The van der Waals surface area contributed by atoms with Gasteiger partial charge in [-0.2, -0.15) is 0 Å².